The number of nitrogens with one attached hydrogen (secondary N) is 2. The molecule has 3 nitrogen and oxygen atoms in total. The van der Waals surface area contributed by atoms with Crippen molar-refractivity contribution in [3.63, 3.8) is 0 Å². The van der Waals surface area contributed by atoms with Crippen LogP contribution in [0.1, 0.15) is 17.2 Å². The number of hydrogen-bond acceptors (Lipinski definition) is 3. The number of nitriles is 1. The highest BCUT2D eigenvalue weighted by atomic mass is 15.1. The Bertz CT molecular complexity index is 361. The largest absolute Gasteiger partial charge is 0.314 e. The highest BCUT2D eigenvalue weighted by Gasteiger charge is 2.16. The minimum atomic E-state index is 0.350. The molecule has 1 aromatic carbocycles. The number of benzene rings is 1. The monoisotopic (exact) mass is 201 g/mol. The lowest BCUT2D eigenvalue weighted by molar-refractivity contribution is 0.428. The summed E-state index contributed by atoms with van der Waals surface area (Å²) in [6.07, 6.45) is 0.494. The SMILES string of the molecule is N#CCc1ccccc1C1CNCCN1. The summed E-state index contributed by atoms with van der Waals surface area (Å²) in [5.74, 6) is 0. The van der Waals surface area contributed by atoms with Gasteiger partial charge in [-0.2, -0.15) is 5.26 Å². The van der Waals surface area contributed by atoms with E-state index in [1.54, 1.807) is 0 Å². The molecule has 1 unspecified atom stereocenters. The molecule has 0 amide bonds. The van der Waals surface area contributed by atoms with Crippen LogP contribution in [0, 0.1) is 11.3 Å². The molecule has 0 aliphatic carbocycles. The lowest BCUT2D eigenvalue weighted by Gasteiger charge is -2.26. The second-order valence-corrected chi connectivity index (χ2v) is 3.74. The Hall–Kier alpha value is -1.37. The van der Waals surface area contributed by atoms with Crippen LogP contribution in [0.25, 0.3) is 0 Å². The smallest absolute Gasteiger partial charge is 0.0669 e. The lowest BCUT2D eigenvalue weighted by atomic mass is 9.97. The molecule has 2 rings (SSSR count). The van der Waals surface area contributed by atoms with Crippen molar-refractivity contribution < 1.29 is 0 Å². The van der Waals surface area contributed by atoms with Gasteiger partial charge in [0.1, 0.15) is 0 Å². The standard InChI is InChI=1S/C12H15N3/c13-6-5-10-3-1-2-4-11(10)12-9-14-7-8-15-12/h1-4,12,14-15H,5,7-9H2. The third-order valence-corrected chi connectivity index (χ3v) is 2.74. The van der Waals surface area contributed by atoms with Crippen LogP contribution in [-0.2, 0) is 6.42 Å². The lowest BCUT2D eigenvalue weighted by Crippen LogP contribution is -2.42. The predicted octanol–water partition coefficient (Wildman–Crippen LogP) is 0.987. The van der Waals surface area contributed by atoms with Crippen molar-refractivity contribution in [2.75, 3.05) is 19.6 Å². The number of rotatable bonds is 2. The summed E-state index contributed by atoms with van der Waals surface area (Å²) >= 11 is 0. The van der Waals surface area contributed by atoms with E-state index in [4.69, 9.17) is 5.26 Å². The zero-order valence-electron chi connectivity index (χ0n) is 8.66. The van der Waals surface area contributed by atoms with E-state index < -0.39 is 0 Å². The molecule has 1 atom stereocenters. The Morgan fingerprint density at radius 2 is 2.20 bits per heavy atom. The van der Waals surface area contributed by atoms with Crippen molar-refractivity contribution in [3.8, 4) is 6.07 Å². The molecular formula is C12H15N3. The van der Waals surface area contributed by atoms with Gasteiger partial charge in [0.25, 0.3) is 0 Å². The van der Waals surface area contributed by atoms with E-state index in [-0.39, 0.29) is 0 Å². The first-order valence-electron chi connectivity index (χ1n) is 5.30. The van der Waals surface area contributed by atoms with Crippen molar-refractivity contribution in [2.24, 2.45) is 0 Å². The second kappa shape index (κ2) is 4.92. The van der Waals surface area contributed by atoms with E-state index in [2.05, 4.69) is 22.8 Å². The molecule has 1 fully saturated rings. The average molecular weight is 201 g/mol. The predicted molar refractivity (Wildman–Crippen MR) is 59.4 cm³/mol. The molecule has 1 aliphatic heterocycles. The van der Waals surface area contributed by atoms with Gasteiger partial charge < -0.3 is 10.6 Å². The number of hydrogen-bond donors (Lipinski definition) is 2. The van der Waals surface area contributed by atoms with Gasteiger partial charge in [0.05, 0.1) is 12.5 Å². The summed E-state index contributed by atoms with van der Waals surface area (Å²) in [4.78, 5) is 0. The normalized spacial score (nSPS) is 20.9. The zero-order chi connectivity index (χ0) is 10.5. The van der Waals surface area contributed by atoms with Gasteiger partial charge >= 0.3 is 0 Å². The van der Waals surface area contributed by atoms with Crippen molar-refractivity contribution in [1.29, 1.82) is 5.26 Å². The van der Waals surface area contributed by atoms with Crippen LogP contribution >= 0.6 is 0 Å². The molecule has 0 radical (unpaired) electrons. The van der Waals surface area contributed by atoms with E-state index in [1.807, 2.05) is 18.2 Å². The molecular weight excluding hydrogens is 186 g/mol. The molecule has 1 saturated heterocycles. The summed E-state index contributed by atoms with van der Waals surface area (Å²) in [7, 11) is 0. The molecule has 1 aromatic rings. The van der Waals surface area contributed by atoms with Crippen LogP contribution in [0.15, 0.2) is 24.3 Å². The van der Waals surface area contributed by atoms with E-state index in [0.717, 1.165) is 25.2 Å². The van der Waals surface area contributed by atoms with Crippen molar-refractivity contribution in [1.82, 2.24) is 10.6 Å². The fraction of sp³-hybridized carbons (Fsp3) is 0.417. The van der Waals surface area contributed by atoms with E-state index in [1.165, 1.54) is 5.56 Å². The number of piperazine rings is 1. The summed E-state index contributed by atoms with van der Waals surface area (Å²) in [6, 6.07) is 10.7. The van der Waals surface area contributed by atoms with Crippen LogP contribution in [0.3, 0.4) is 0 Å². The second-order valence-electron chi connectivity index (χ2n) is 3.74. The molecule has 0 bridgehead atoms. The first-order valence-corrected chi connectivity index (χ1v) is 5.30. The molecule has 0 spiro atoms. The molecule has 3 heteroatoms. The topological polar surface area (TPSA) is 47.9 Å². The molecule has 15 heavy (non-hydrogen) atoms. The van der Waals surface area contributed by atoms with Crippen molar-refractivity contribution >= 4 is 0 Å². The molecule has 0 saturated carbocycles. The fourth-order valence-corrected chi connectivity index (χ4v) is 1.99. The Morgan fingerprint density at radius 1 is 1.33 bits per heavy atom. The van der Waals surface area contributed by atoms with Crippen molar-refractivity contribution in [2.45, 2.75) is 12.5 Å². The Kier molecular flexibility index (Phi) is 3.33. The average Bonchev–Trinajstić information content (AvgIpc) is 2.31. The molecule has 1 heterocycles. The summed E-state index contributed by atoms with van der Waals surface area (Å²) in [5.41, 5.74) is 2.40. The van der Waals surface area contributed by atoms with Gasteiger partial charge in [-0.25, -0.2) is 0 Å². The summed E-state index contributed by atoms with van der Waals surface area (Å²) in [5, 5.41) is 15.6. The van der Waals surface area contributed by atoms with Crippen LogP contribution in [0.5, 0.6) is 0 Å². The molecule has 78 valence electrons. The fourth-order valence-electron chi connectivity index (χ4n) is 1.99. The Labute approximate surface area is 90.1 Å². The van der Waals surface area contributed by atoms with Gasteiger partial charge in [0, 0.05) is 25.7 Å². The van der Waals surface area contributed by atoms with Crippen LogP contribution in [0.2, 0.25) is 0 Å². The van der Waals surface area contributed by atoms with Gasteiger partial charge in [0.15, 0.2) is 0 Å². The first kappa shape index (κ1) is 10.2. The highest BCUT2D eigenvalue weighted by molar-refractivity contribution is 5.32. The number of nitrogens with zero attached hydrogens (tertiary/aromatic N) is 1. The van der Waals surface area contributed by atoms with E-state index in [9.17, 15) is 0 Å². The maximum Gasteiger partial charge on any atom is 0.0669 e. The maximum absolute atomic E-state index is 8.76. The highest BCUT2D eigenvalue weighted by Crippen LogP contribution is 2.18. The molecule has 2 N–H and O–H groups in total. The van der Waals surface area contributed by atoms with Gasteiger partial charge in [-0.15, -0.1) is 0 Å². The minimum absolute atomic E-state index is 0.350. The van der Waals surface area contributed by atoms with Crippen LogP contribution < -0.4 is 10.6 Å². The summed E-state index contributed by atoms with van der Waals surface area (Å²) < 4.78 is 0. The van der Waals surface area contributed by atoms with Crippen LogP contribution in [0.4, 0.5) is 0 Å². The van der Waals surface area contributed by atoms with Crippen molar-refractivity contribution in [3.05, 3.63) is 35.4 Å². The Morgan fingerprint density at radius 3 is 2.93 bits per heavy atom. The summed E-state index contributed by atoms with van der Waals surface area (Å²) in [6.45, 7) is 2.96. The quantitative estimate of drug-likeness (QED) is 0.750. The third kappa shape index (κ3) is 2.35. The van der Waals surface area contributed by atoms with Gasteiger partial charge in [-0.05, 0) is 11.1 Å². The molecule has 1 aliphatic rings. The van der Waals surface area contributed by atoms with Gasteiger partial charge in [0.2, 0.25) is 0 Å². The van der Waals surface area contributed by atoms with Crippen LogP contribution in [-0.4, -0.2) is 19.6 Å². The third-order valence-electron chi connectivity index (χ3n) is 2.74. The van der Waals surface area contributed by atoms with E-state index in [0.29, 0.717) is 12.5 Å². The van der Waals surface area contributed by atoms with E-state index >= 15 is 0 Å². The van der Waals surface area contributed by atoms with Gasteiger partial charge in [-0.3, -0.25) is 0 Å². The minimum Gasteiger partial charge on any atom is -0.314 e. The van der Waals surface area contributed by atoms with Gasteiger partial charge in [-0.1, -0.05) is 24.3 Å². The zero-order valence-corrected chi connectivity index (χ0v) is 8.66. The first-order chi connectivity index (χ1) is 7.42. The Balaban J connectivity index is 2.21. The molecule has 0 aromatic heterocycles. The maximum atomic E-state index is 8.76.